The summed E-state index contributed by atoms with van der Waals surface area (Å²) in [6, 6.07) is 7.57. The first-order chi connectivity index (χ1) is 9.06. The van der Waals surface area contributed by atoms with Gasteiger partial charge in [-0.2, -0.15) is 0 Å². The molecule has 1 aromatic carbocycles. The molecule has 1 atom stereocenters. The molecule has 0 amide bonds. The van der Waals surface area contributed by atoms with Gasteiger partial charge in [-0.15, -0.1) is 0 Å². The predicted octanol–water partition coefficient (Wildman–Crippen LogP) is 2.20. The highest BCUT2D eigenvalue weighted by Crippen LogP contribution is 2.19. The van der Waals surface area contributed by atoms with Crippen molar-refractivity contribution < 1.29 is 15.0 Å². The Bertz CT molecular complexity index is 484. The van der Waals surface area contributed by atoms with Gasteiger partial charge in [0, 0.05) is 29.7 Å². The quantitative estimate of drug-likeness (QED) is 0.891. The van der Waals surface area contributed by atoms with E-state index in [4.69, 9.17) is 5.11 Å². The minimum atomic E-state index is -0.840. The lowest BCUT2D eigenvalue weighted by molar-refractivity contribution is -0.133. The average molecular weight is 326 g/mol. The van der Waals surface area contributed by atoms with E-state index in [9.17, 15) is 9.90 Å². The fraction of sp³-hybridized carbons (Fsp3) is 0.357. The molecule has 0 spiro atoms. The number of hydrogen-bond acceptors (Lipinski definition) is 3. The van der Waals surface area contributed by atoms with E-state index < -0.39 is 12.1 Å². The number of aliphatic carboxylic acids is 1. The van der Waals surface area contributed by atoms with E-state index in [1.807, 2.05) is 24.3 Å². The van der Waals surface area contributed by atoms with Gasteiger partial charge in [-0.1, -0.05) is 34.1 Å². The molecule has 0 fully saturated rings. The van der Waals surface area contributed by atoms with E-state index in [0.29, 0.717) is 31.6 Å². The number of carbonyl (C=O) groups is 1. The number of aliphatic hydroxyl groups excluding tert-OH is 1. The molecule has 1 unspecified atom stereocenters. The van der Waals surface area contributed by atoms with Crippen molar-refractivity contribution in [3.8, 4) is 0 Å². The number of halogens is 1. The maximum Gasteiger partial charge on any atom is 0.331 e. The third kappa shape index (κ3) is 3.89. The summed E-state index contributed by atoms with van der Waals surface area (Å²) in [6.45, 7) is 1.77. The van der Waals surface area contributed by atoms with E-state index in [1.165, 1.54) is 0 Å². The van der Waals surface area contributed by atoms with Crippen LogP contribution >= 0.6 is 15.9 Å². The van der Waals surface area contributed by atoms with Crippen LogP contribution in [-0.2, 0) is 4.79 Å². The van der Waals surface area contributed by atoms with Crippen molar-refractivity contribution in [1.82, 2.24) is 4.90 Å². The second-order valence-electron chi connectivity index (χ2n) is 4.61. The molecule has 19 heavy (non-hydrogen) atoms. The van der Waals surface area contributed by atoms with Crippen LogP contribution < -0.4 is 0 Å². The molecular weight excluding hydrogens is 310 g/mol. The molecule has 5 heteroatoms. The summed E-state index contributed by atoms with van der Waals surface area (Å²) in [7, 11) is 0. The summed E-state index contributed by atoms with van der Waals surface area (Å²) in [4.78, 5) is 12.9. The SMILES string of the molecule is O=C(O)C1=CCN(CC(O)c2ccc(Br)cc2)CC1. The van der Waals surface area contributed by atoms with Crippen LogP contribution in [0.15, 0.2) is 40.4 Å². The summed E-state index contributed by atoms with van der Waals surface area (Å²) < 4.78 is 0.982. The van der Waals surface area contributed by atoms with Crippen molar-refractivity contribution in [2.45, 2.75) is 12.5 Å². The molecule has 102 valence electrons. The number of hydrogen-bond donors (Lipinski definition) is 2. The van der Waals surface area contributed by atoms with Crippen molar-refractivity contribution in [3.63, 3.8) is 0 Å². The number of carboxylic acids is 1. The highest BCUT2D eigenvalue weighted by molar-refractivity contribution is 9.10. The standard InChI is InChI=1S/C14H16BrNO3/c15-12-3-1-10(2-4-12)13(17)9-16-7-5-11(6-8-16)14(18)19/h1-5,13,17H,6-9H2,(H,18,19). The van der Waals surface area contributed by atoms with Gasteiger partial charge in [-0.05, 0) is 24.1 Å². The average Bonchev–Trinajstić information content (AvgIpc) is 2.40. The zero-order chi connectivity index (χ0) is 13.8. The largest absolute Gasteiger partial charge is 0.478 e. The van der Waals surface area contributed by atoms with Crippen molar-refractivity contribution in [2.75, 3.05) is 19.6 Å². The number of nitrogens with zero attached hydrogens (tertiary/aromatic N) is 1. The molecule has 0 aromatic heterocycles. The number of aliphatic hydroxyl groups is 1. The van der Waals surface area contributed by atoms with Crippen LogP contribution in [0.25, 0.3) is 0 Å². The summed E-state index contributed by atoms with van der Waals surface area (Å²) >= 11 is 3.36. The zero-order valence-corrected chi connectivity index (χ0v) is 12.0. The molecule has 2 rings (SSSR count). The van der Waals surface area contributed by atoms with Crippen molar-refractivity contribution in [1.29, 1.82) is 0 Å². The van der Waals surface area contributed by atoms with Gasteiger partial charge in [0.1, 0.15) is 0 Å². The number of benzene rings is 1. The van der Waals surface area contributed by atoms with Gasteiger partial charge < -0.3 is 10.2 Å². The van der Waals surface area contributed by atoms with Crippen molar-refractivity contribution in [3.05, 3.63) is 46.0 Å². The number of β-amino-alcohol motifs (C(OH)–C–C–N with tert-alkyl or cyclic N) is 1. The molecule has 1 aromatic rings. The Balaban J connectivity index is 1.92. The molecule has 1 heterocycles. The molecule has 0 saturated heterocycles. The minimum Gasteiger partial charge on any atom is -0.478 e. The number of rotatable bonds is 4. The zero-order valence-electron chi connectivity index (χ0n) is 10.4. The Kier molecular flexibility index (Phi) is 4.74. The van der Waals surface area contributed by atoms with E-state index in [1.54, 1.807) is 6.08 Å². The maximum absolute atomic E-state index is 10.8. The monoisotopic (exact) mass is 325 g/mol. The van der Waals surface area contributed by atoms with Crippen LogP contribution in [0.5, 0.6) is 0 Å². The molecule has 4 nitrogen and oxygen atoms in total. The topological polar surface area (TPSA) is 60.8 Å². The van der Waals surface area contributed by atoms with Crippen molar-refractivity contribution >= 4 is 21.9 Å². The summed E-state index contributed by atoms with van der Waals surface area (Å²) in [5.74, 6) is -0.840. The van der Waals surface area contributed by atoms with Gasteiger partial charge in [0.05, 0.1) is 6.10 Å². The highest BCUT2D eigenvalue weighted by Gasteiger charge is 2.18. The van der Waals surface area contributed by atoms with Crippen LogP contribution in [0.4, 0.5) is 0 Å². The fourth-order valence-corrected chi connectivity index (χ4v) is 2.37. The third-order valence-corrected chi connectivity index (χ3v) is 3.78. The van der Waals surface area contributed by atoms with E-state index in [-0.39, 0.29) is 0 Å². The van der Waals surface area contributed by atoms with Crippen LogP contribution in [0.3, 0.4) is 0 Å². The van der Waals surface area contributed by atoms with Crippen LogP contribution in [0, 0.1) is 0 Å². The van der Waals surface area contributed by atoms with Gasteiger partial charge in [0.15, 0.2) is 0 Å². The summed E-state index contributed by atoms with van der Waals surface area (Å²) in [5.41, 5.74) is 1.34. The first kappa shape index (κ1) is 14.2. The second-order valence-corrected chi connectivity index (χ2v) is 5.53. The van der Waals surface area contributed by atoms with E-state index in [0.717, 1.165) is 10.0 Å². The Morgan fingerprint density at radius 3 is 2.58 bits per heavy atom. The normalized spacial score (nSPS) is 17.9. The lowest BCUT2D eigenvalue weighted by Crippen LogP contribution is -2.33. The smallest absolute Gasteiger partial charge is 0.331 e. The van der Waals surface area contributed by atoms with Gasteiger partial charge in [-0.25, -0.2) is 4.79 Å². The lowest BCUT2D eigenvalue weighted by Gasteiger charge is -2.27. The molecule has 1 aliphatic heterocycles. The lowest BCUT2D eigenvalue weighted by atomic mass is 10.1. The van der Waals surface area contributed by atoms with Crippen LogP contribution in [-0.4, -0.2) is 40.7 Å². The molecule has 2 N–H and O–H groups in total. The molecule has 1 aliphatic rings. The fourth-order valence-electron chi connectivity index (χ4n) is 2.11. The van der Waals surface area contributed by atoms with E-state index >= 15 is 0 Å². The molecular formula is C14H16BrNO3. The van der Waals surface area contributed by atoms with Gasteiger partial charge >= 0.3 is 5.97 Å². The van der Waals surface area contributed by atoms with Crippen LogP contribution in [0.1, 0.15) is 18.1 Å². The second kappa shape index (κ2) is 6.32. The molecule has 0 radical (unpaired) electrons. The molecule has 0 aliphatic carbocycles. The third-order valence-electron chi connectivity index (χ3n) is 3.25. The van der Waals surface area contributed by atoms with Crippen LogP contribution in [0.2, 0.25) is 0 Å². The summed E-state index contributed by atoms with van der Waals surface area (Å²) in [6.07, 6.45) is 1.70. The Morgan fingerprint density at radius 1 is 1.37 bits per heavy atom. The highest BCUT2D eigenvalue weighted by atomic mass is 79.9. The Hall–Kier alpha value is -1.17. The first-order valence-corrected chi connectivity index (χ1v) is 6.94. The Morgan fingerprint density at radius 2 is 2.05 bits per heavy atom. The van der Waals surface area contributed by atoms with Crippen molar-refractivity contribution in [2.24, 2.45) is 0 Å². The molecule has 0 saturated carbocycles. The summed E-state index contributed by atoms with van der Waals surface area (Å²) in [5, 5.41) is 19.0. The van der Waals surface area contributed by atoms with Gasteiger partial charge in [0.25, 0.3) is 0 Å². The number of carboxylic acid groups (broad SMARTS) is 1. The predicted molar refractivity (Wildman–Crippen MR) is 75.9 cm³/mol. The van der Waals surface area contributed by atoms with E-state index in [2.05, 4.69) is 20.8 Å². The Labute approximate surface area is 120 Å². The minimum absolute atomic E-state index is 0.467. The van der Waals surface area contributed by atoms with Gasteiger partial charge in [0.2, 0.25) is 0 Å². The van der Waals surface area contributed by atoms with Gasteiger partial charge in [-0.3, -0.25) is 4.90 Å². The maximum atomic E-state index is 10.8. The molecule has 0 bridgehead atoms. The first-order valence-electron chi connectivity index (χ1n) is 6.14.